The highest BCUT2D eigenvalue weighted by molar-refractivity contribution is 7.16. The van der Waals surface area contributed by atoms with Crippen LogP contribution in [0.1, 0.15) is 59.5 Å². The molecule has 0 saturated carbocycles. The molecule has 1 atom stereocenters. The number of carbonyl (C=O) groups excluding carboxylic acids is 1. The van der Waals surface area contributed by atoms with Gasteiger partial charge in [0.05, 0.1) is 29.6 Å². The van der Waals surface area contributed by atoms with Crippen molar-refractivity contribution in [2.45, 2.75) is 46.6 Å². The molecule has 4 aromatic rings. The number of hydrogen-bond donors (Lipinski definition) is 1. The van der Waals surface area contributed by atoms with Gasteiger partial charge in [0.25, 0.3) is 5.91 Å². The van der Waals surface area contributed by atoms with Crippen LogP contribution < -0.4 is 5.32 Å². The summed E-state index contributed by atoms with van der Waals surface area (Å²) in [5.74, 6) is 2.29. The average Bonchev–Trinajstić information content (AvgIpc) is 3.61. The van der Waals surface area contributed by atoms with Crippen LogP contribution in [0.4, 0.5) is 5.00 Å². The van der Waals surface area contributed by atoms with Crippen LogP contribution in [0.15, 0.2) is 62.6 Å². The number of carbonyl (C=O) groups is 1. The summed E-state index contributed by atoms with van der Waals surface area (Å²) in [4.78, 5) is 19.4. The third-order valence-electron chi connectivity index (χ3n) is 6.83. The van der Waals surface area contributed by atoms with Crippen LogP contribution in [0.25, 0.3) is 11.3 Å². The first-order chi connectivity index (χ1) is 17.7. The first kappa shape index (κ1) is 25.8. The van der Waals surface area contributed by atoms with Crippen LogP contribution in [-0.2, 0) is 19.4 Å². The molecule has 5 nitrogen and oxygen atoms in total. The minimum absolute atomic E-state index is 0.138. The van der Waals surface area contributed by atoms with Crippen molar-refractivity contribution in [1.29, 1.82) is 0 Å². The van der Waals surface area contributed by atoms with Gasteiger partial charge in [-0.3, -0.25) is 4.79 Å². The van der Waals surface area contributed by atoms with Crippen molar-refractivity contribution >= 4 is 51.7 Å². The van der Waals surface area contributed by atoms with E-state index in [1.54, 1.807) is 42.0 Å². The number of nitrogens with one attached hydrogen (secondary N) is 1. The minimum Gasteiger partial charge on any atom is -0.467 e. The first-order valence-corrected chi connectivity index (χ1v) is 13.8. The molecule has 0 bridgehead atoms. The quantitative estimate of drug-likeness (QED) is 0.242. The smallest absolute Gasteiger partial charge is 0.255 e. The summed E-state index contributed by atoms with van der Waals surface area (Å²) in [6.45, 7) is 7.18. The largest absolute Gasteiger partial charge is 0.467 e. The van der Waals surface area contributed by atoms with Crippen LogP contribution in [0, 0.1) is 11.3 Å². The van der Waals surface area contributed by atoms with E-state index >= 15 is 0 Å². The van der Waals surface area contributed by atoms with Crippen molar-refractivity contribution in [2.24, 2.45) is 16.3 Å². The minimum atomic E-state index is -0.138. The third kappa shape index (κ3) is 5.71. The number of nitrogens with zero attached hydrogens (tertiary/aromatic N) is 1. The average molecular weight is 556 g/mol. The lowest BCUT2D eigenvalue weighted by atomic mass is 9.72. The lowest BCUT2D eigenvalue weighted by Gasteiger charge is -2.33. The van der Waals surface area contributed by atoms with Gasteiger partial charge in [-0.2, -0.15) is 0 Å². The summed E-state index contributed by atoms with van der Waals surface area (Å²) in [7, 11) is 0. The summed E-state index contributed by atoms with van der Waals surface area (Å²) in [5.41, 5.74) is 2.69. The second-order valence-electron chi connectivity index (χ2n) is 10.3. The van der Waals surface area contributed by atoms with Crippen molar-refractivity contribution < 1.29 is 13.6 Å². The fourth-order valence-electron chi connectivity index (χ4n) is 4.68. The van der Waals surface area contributed by atoms with Crippen LogP contribution >= 0.6 is 34.5 Å². The van der Waals surface area contributed by atoms with Crippen molar-refractivity contribution in [3.63, 3.8) is 0 Å². The maximum absolute atomic E-state index is 13.4. The zero-order chi connectivity index (χ0) is 26.2. The molecule has 1 aliphatic carbocycles. The highest BCUT2D eigenvalue weighted by Crippen LogP contribution is 2.45. The van der Waals surface area contributed by atoms with Gasteiger partial charge in [0.1, 0.15) is 22.3 Å². The van der Waals surface area contributed by atoms with E-state index in [9.17, 15) is 4.79 Å². The number of rotatable bonds is 6. The molecular weight excluding hydrogens is 527 g/mol. The molecule has 0 saturated heterocycles. The van der Waals surface area contributed by atoms with Gasteiger partial charge in [0.2, 0.25) is 0 Å². The van der Waals surface area contributed by atoms with Gasteiger partial charge in [-0.15, -0.1) is 11.3 Å². The predicted octanol–water partition coefficient (Wildman–Crippen LogP) is 8.74. The van der Waals surface area contributed by atoms with E-state index in [1.807, 2.05) is 24.3 Å². The van der Waals surface area contributed by atoms with E-state index < -0.39 is 0 Å². The van der Waals surface area contributed by atoms with Crippen molar-refractivity contribution in [1.82, 2.24) is 5.32 Å². The van der Waals surface area contributed by atoms with Gasteiger partial charge in [-0.05, 0) is 78.6 Å². The zero-order valence-electron chi connectivity index (χ0n) is 20.9. The number of furan rings is 2. The number of aliphatic imine (C=N–C) groups is 1. The Morgan fingerprint density at radius 1 is 1.22 bits per heavy atom. The first-order valence-electron chi connectivity index (χ1n) is 12.2. The Balaban J connectivity index is 1.44. The molecule has 1 N–H and O–H groups in total. The number of thiophene rings is 1. The van der Waals surface area contributed by atoms with Crippen LogP contribution in [0.5, 0.6) is 0 Å². The van der Waals surface area contributed by atoms with Crippen molar-refractivity contribution in [2.75, 3.05) is 0 Å². The molecule has 3 heterocycles. The molecule has 0 radical (unpaired) electrons. The molecule has 37 heavy (non-hydrogen) atoms. The molecule has 0 fully saturated rings. The summed E-state index contributed by atoms with van der Waals surface area (Å²) in [6.07, 6.45) is 6.13. The highest BCUT2D eigenvalue weighted by Gasteiger charge is 2.33. The summed E-state index contributed by atoms with van der Waals surface area (Å²) in [5, 5.41) is 4.82. The number of halogens is 2. The second-order valence-corrected chi connectivity index (χ2v) is 12.3. The van der Waals surface area contributed by atoms with E-state index in [0.29, 0.717) is 55.9 Å². The van der Waals surface area contributed by atoms with Gasteiger partial charge >= 0.3 is 0 Å². The van der Waals surface area contributed by atoms with E-state index in [0.717, 1.165) is 24.8 Å². The molecule has 1 amide bonds. The Labute approximate surface area is 230 Å². The molecule has 192 valence electrons. The van der Waals surface area contributed by atoms with Crippen LogP contribution in [0.3, 0.4) is 0 Å². The molecule has 1 aliphatic rings. The van der Waals surface area contributed by atoms with E-state index in [4.69, 9.17) is 37.0 Å². The summed E-state index contributed by atoms with van der Waals surface area (Å²) in [6, 6.07) is 12.6. The van der Waals surface area contributed by atoms with Crippen LogP contribution in [0.2, 0.25) is 10.0 Å². The number of benzene rings is 1. The maximum atomic E-state index is 13.4. The molecule has 0 spiro atoms. The zero-order valence-corrected chi connectivity index (χ0v) is 23.3. The molecule has 5 rings (SSSR count). The monoisotopic (exact) mass is 554 g/mol. The molecule has 0 aliphatic heterocycles. The van der Waals surface area contributed by atoms with Gasteiger partial charge in [-0.25, -0.2) is 4.99 Å². The highest BCUT2D eigenvalue weighted by atomic mass is 35.5. The Morgan fingerprint density at radius 2 is 2.05 bits per heavy atom. The maximum Gasteiger partial charge on any atom is 0.255 e. The SMILES string of the molecule is CC(C)(C)[C@@H]1CCc2c(sc(N=Cc3ccc(-c4cc(Cl)ccc4Cl)o3)c2C(=O)NCc2ccco2)C1. The van der Waals surface area contributed by atoms with Gasteiger partial charge in [-0.1, -0.05) is 44.0 Å². The molecular formula is C29H28Cl2N2O3S. The number of hydrogen-bond acceptors (Lipinski definition) is 5. The van der Waals surface area contributed by atoms with E-state index in [2.05, 4.69) is 26.1 Å². The fourth-order valence-corrected chi connectivity index (χ4v) is 6.33. The van der Waals surface area contributed by atoms with Gasteiger partial charge < -0.3 is 14.2 Å². The lowest BCUT2D eigenvalue weighted by Crippen LogP contribution is -2.28. The summed E-state index contributed by atoms with van der Waals surface area (Å²) >= 11 is 14.1. The fraction of sp³-hybridized carbons (Fsp3) is 0.310. The second kappa shape index (κ2) is 10.5. The van der Waals surface area contributed by atoms with Gasteiger partial charge in [0.15, 0.2) is 0 Å². The number of amides is 1. The van der Waals surface area contributed by atoms with Crippen molar-refractivity contribution in [3.05, 3.63) is 86.3 Å². The molecule has 3 aromatic heterocycles. The Hall–Kier alpha value is -2.80. The topological polar surface area (TPSA) is 67.7 Å². The predicted molar refractivity (Wildman–Crippen MR) is 151 cm³/mol. The Morgan fingerprint density at radius 3 is 2.81 bits per heavy atom. The van der Waals surface area contributed by atoms with Crippen LogP contribution in [-0.4, -0.2) is 12.1 Å². The normalized spacial score (nSPS) is 15.8. The third-order valence-corrected chi connectivity index (χ3v) is 8.56. The Bertz CT molecular complexity index is 1440. The Kier molecular flexibility index (Phi) is 7.35. The lowest BCUT2D eigenvalue weighted by molar-refractivity contribution is 0.0947. The molecule has 1 aromatic carbocycles. The molecule has 8 heteroatoms. The van der Waals surface area contributed by atoms with Gasteiger partial charge in [0, 0.05) is 15.5 Å². The standard InChI is InChI=1S/C29H28Cl2N2O3S/c1-29(2,3)17-6-9-21-25(13-17)37-28(26(21)27(34)32-15-19-5-4-12-35-19)33-16-20-8-11-24(36-20)22-14-18(30)7-10-23(22)31/h4-5,7-8,10-12,14,16-17H,6,9,13,15H2,1-3H3,(H,32,34)/t17-/m1/s1. The van der Waals surface area contributed by atoms with E-state index in [1.165, 1.54) is 4.88 Å². The number of fused-ring (bicyclic) bond motifs is 1. The van der Waals surface area contributed by atoms with E-state index in [-0.39, 0.29) is 11.3 Å². The molecule has 0 unspecified atom stereocenters. The summed E-state index contributed by atoms with van der Waals surface area (Å²) < 4.78 is 11.4. The van der Waals surface area contributed by atoms with Crippen molar-refractivity contribution in [3.8, 4) is 11.3 Å².